The first-order valence-corrected chi connectivity index (χ1v) is 8.00. The Hall–Kier alpha value is -3.46. The van der Waals surface area contributed by atoms with Crippen LogP contribution < -0.4 is 20.1 Å². The minimum absolute atomic E-state index is 0.0259. The number of carbonyl (C=O) groups excluding carboxylic acids is 1. The zero-order chi connectivity index (χ0) is 18.9. The highest BCUT2D eigenvalue weighted by atomic mass is 16.5. The predicted octanol–water partition coefficient (Wildman–Crippen LogP) is 3.15. The van der Waals surface area contributed by atoms with E-state index in [1.165, 1.54) is 6.20 Å². The normalized spacial score (nSPS) is 10.6. The van der Waals surface area contributed by atoms with Gasteiger partial charge >= 0.3 is 0 Å². The van der Waals surface area contributed by atoms with Crippen molar-refractivity contribution in [3.63, 3.8) is 0 Å². The van der Waals surface area contributed by atoms with Gasteiger partial charge in [-0.1, -0.05) is 18.2 Å². The van der Waals surface area contributed by atoms with Gasteiger partial charge in [-0.2, -0.15) is 5.26 Å². The summed E-state index contributed by atoms with van der Waals surface area (Å²) >= 11 is 0. The number of anilines is 1. The van der Waals surface area contributed by atoms with Crippen LogP contribution in [0.1, 0.15) is 11.1 Å². The molecule has 0 aliphatic heterocycles. The van der Waals surface area contributed by atoms with Gasteiger partial charge in [0.25, 0.3) is 5.91 Å². The monoisotopic (exact) mass is 351 g/mol. The molecule has 0 atom stereocenters. The quantitative estimate of drug-likeness (QED) is 0.591. The molecule has 2 N–H and O–H groups in total. The Morgan fingerprint density at radius 2 is 1.88 bits per heavy atom. The molecule has 6 nitrogen and oxygen atoms in total. The smallest absolute Gasteiger partial charge is 0.263 e. The first kappa shape index (κ1) is 18.9. The lowest BCUT2D eigenvalue weighted by Crippen LogP contribution is -2.24. The van der Waals surface area contributed by atoms with Gasteiger partial charge in [-0.05, 0) is 42.3 Å². The van der Waals surface area contributed by atoms with Gasteiger partial charge in [0.15, 0.2) is 0 Å². The molecule has 0 saturated heterocycles. The highest BCUT2D eigenvalue weighted by Crippen LogP contribution is 2.25. The topological polar surface area (TPSA) is 83.4 Å². The molecule has 0 radical (unpaired) electrons. The lowest BCUT2D eigenvalue weighted by Gasteiger charge is -2.10. The number of carbonyl (C=O) groups is 1. The van der Waals surface area contributed by atoms with Gasteiger partial charge in [-0.15, -0.1) is 0 Å². The minimum Gasteiger partial charge on any atom is -0.497 e. The maximum atomic E-state index is 12.2. The third kappa shape index (κ3) is 5.02. The number of benzene rings is 2. The highest BCUT2D eigenvalue weighted by Gasteiger charge is 2.09. The standard InChI is InChI=1S/C20H21N3O3/c1-14-4-9-19(26-3)18(10-14)22-13-16(11-21)20(24)23-12-15-5-7-17(25-2)8-6-15/h4-10,13,22H,12H2,1-3H3,(H,23,24)/b16-13-. The van der Waals surface area contributed by atoms with Crippen LogP contribution in [-0.4, -0.2) is 20.1 Å². The average molecular weight is 351 g/mol. The van der Waals surface area contributed by atoms with Crippen molar-refractivity contribution >= 4 is 11.6 Å². The number of ether oxygens (including phenoxy) is 2. The Balaban J connectivity index is 2.02. The van der Waals surface area contributed by atoms with E-state index in [4.69, 9.17) is 9.47 Å². The van der Waals surface area contributed by atoms with Gasteiger partial charge in [-0.25, -0.2) is 0 Å². The summed E-state index contributed by atoms with van der Waals surface area (Å²) in [6.45, 7) is 2.26. The molecule has 2 aromatic rings. The summed E-state index contributed by atoms with van der Waals surface area (Å²) in [5.41, 5.74) is 2.60. The summed E-state index contributed by atoms with van der Waals surface area (Å²) in [6, 6.07) is 14.8. The zero-order valence-electron chi connectivity index (χ0n) is 15.0. The van der Waals surface area contributed by atoms with E-state index in [9.17, 15) is 10.1 Å². The summed E-state index contributed by atoms with van der Waals surface area (Å²) < 4.78 is 10.4. The number of hydrogen-bond donors (Lipinski definition) is 2. The first-order valence-electron chi connectivity index (χ1n) is 8.00. The van der Waals surface area contributed by atoms with E-state index in [1.54, 1.807) is 14.2 Å². The number of hydrogen-bond acceptors (Lipinski definition) is 5. The van der Waals surface area contributed by atoms with E-state index >= 15 is 0 Å². The third-order valence-electron chi connectivity index (χ3n) is 3.70. The molecule has 1 amide bonds. The van der Waals surface area contributed by atoms with E-state index < -0.39 is 5.91 Å². The van der Waals surface area contributed by atoms with Gasteiger partial charge in [0, 0.05) is 12.7 Å². The number of nitrogens with one attached hydrogen (secondary N) is 2. The maximum Gasteiger partial charge on any atom is 0.263 e. The Bertz CT molecular complexity index is 836. The Kier molecular flexibility index (Phi) is 6.63. The first-order chi connectivity index (χ1) is 12.6. The van der Waals surface area contributed by atoms with E-state index in [0.717, 1.165) is 16.9 Å². The third-order valence-corrected chi connectivity index (χ3v) is 3.70. The molecule has 6 heteroatoms. The lowest BCUT2D eigenvalue weighted by atomic mass is 10.2. The largest absolute Gasteiger partial charge is 0.497 e. The fourth-order valence-electron chi connectivity index (χ4n) is 2.25. The summed E-state index contributed by atoms with van der Waals surface area (Å²) in [5, 5.41) is 14.9. The molecule has 0 heterocycles. The Morgan fingerprint density at radius 1 is 1.15 bits per heavy atom. The van der Waals surface area contributed by atoms with E-state index in [1.807, 2.05) is 55.5 Å². The van der Waals surface area contributed by atoms with Gasteiger partial charge in [0.2, 0.25) is 0 Å². The van der Waals surface area contributed by atoms with Crippen LogP contribution in [0.3, 0.4) is 0 Å². The van der Waals surface area contributed by atoms with Crippen LogP contribution in [0.2, 0.25) is 0 Å². The SMILES string of the molecule is COc1ccc(CNC(=O)/C(C#N)=C\Nc2cc(C)ccc2OC)cc1. The molecule has 134 valence electrons. The Labute approximate surface area is 153 Å². The summed E-state index contributed by atoms with van der Waals surface area (Å²) in [7, 11) is 3.16. The van der Waals surface area contributed by atoms with Crippen LogP contribution in [0.4, 0.5) is 5.69 Å². The van der Waals surface area contributed by atoms with E-state index in [-0.39, 0.29) is 5.57 Å². The van der Waals surface area contributed by atoms with Gasteiger partial charge < -0.3 is 20.1 Å². The number of methoxy groups -OCH3 is 2. The fraction of sp³-hybridized carbons (Fsp3) is 0.200. The number of aryl methyl sites for hydroxylation is 1. The van der Waals surface area contributed by atoms with Crippen LogP contribution in [-0.2, 0) is 11.3 Å². The number of rotatable bonds is 7. The molecular formula is C20H21N3O3. The second kappa shape index (κ2) is 9.14. The van der Waals surface area contributed by atoms with Crippen LogP contribution in [0.25, 0.3) is 0 Å². The van der Waals surface area contributed by atoms with Crippen molar-refractivity contribution in [2.24, 2.45) is 0 Å². The van der Waals surface area contributed by atoms with Gasteiger partial charge in [0.1, 0.15) is 23.1 Å². The van der Waals surface area contributed by atoms with Crippen molar-refractivity contribution in [1.82, 2.24) is 5.32 Å². The Morgan fingerprint density at radius 3 is 2.50 bits per heavy atom. The van der Waals surface area contributed by atoms with Crippen molar-refractivity contribution in [2.75, 3.05) is 19.5 Å². The maximum absolute atomic E-state index is 12.2. The molecular weight excluding hydrogens is 330 g/mol. The van der Waals surface area contributed by atoms with Crippen molar-refractivity contribution in [3.8, 4) is 17.6 Å². The minimum atomic E-state index is -0.456. The number of amides is 1. The van der Waals surface area contributed by atoms with Crippen LogP contribution in [0.5, 0.6) is 11.5 Å². The zero-order valence-corrected chi connectivity index (χ0v) is 15.0. The molecule has 0 aliphatic rings. The molecule has 0 spiro atoms. The highest BCUT2D eigenvalue weighted by molar-refractivity contribution is 5.97. The number of nitriles is 1. The molecule has 0 aliphatic carbocycles. The molecule has 2 rings (SSSR count). The average Bonchev–Trinajstić information content (AvgIpc) is 2.67. The second-order valence-electron chi connectivity index (χ2n) is 5.55. The van der Waals surface area contributed by atoms with Crippen LogP contribution in [0.15, 0.2) is 54.2 Å². The second-order valence-corrected chi connectivity index (χ2v) is 5.55. The lowest BCUT2D eigenvalue weighted by molar-refractivity contribution is -0.117. The molecule has 0 aromatic heterocycles. The molecule has 0 saturated carbocycles. The van der Waals surface area contributed by atoms with Crippen molar-refractivity contribution in [1.29, 1.82) is 5.26 Å². The van der Waals surface area contributed by atoms with E-state index in [0.29, 0.717) is 18.0 Å². The van der Waals surface area contributed by atoms with E-state index in [2.05, 4.69) is 10.6 Å². The van der Waals surface area contributed by atoms with Crippen molar-refractivity contribution < 1.29 is 14.3 Å². The van der Waals surface area contributed by atoms with Crippen molar-refractivity contribution in [3.05, 3.63) is 65.4 Å². The summed E-state index contributed by atoms with van der Waals surface area (Å²) in [5.74, 6) is 0.916. The molecule has 0 unspecified atom stereocenters. The van der Waals surface area contributed by atoms with Crippen molar-refractivity contribution in [2.45, 2.75) is 13.5 Å². The molecule has 2 aromatic carbocycles. The summed E-state index contributed by atoms with van der Waals surface area (Å²) in [4.78, 5) is 12.2. The van der Waals surface area contributed by atoms with Gasteiger partial charge in [-0.3, -0.25) is 4.79 Å². The van der Waals surface area contributed by atoms with Crippen LogP contribution in [0, 0.1) is 18.3 Å². The predicted molar refractivity (Wildman–Crippen MR) is 99.9 cm³/mol. The molecule has 26 heavy (non-hydrogen) atoms. The van der Waals surface area contributed by atoms with Gasteiger partial charge in [0.05, 0.1) is 19.9 Å². The molecule has 0 fully saturated rings. The summed E-state index contributed by atoms with van der Waals surface area (Å²) in [6.07, 6.45) is 1.38. The molecule has 0 bridgehead atoms. The van der Waals surface area contributed by atoms with Crippen LogP contribution >= 0.6 is 0 Å². The number of nitrogens with zero attached hydrogens (tertiary/aromatic N) is 1. The fourth-order valence-corrected chi connectivity index (χ4v) is 2.25.